The zero-order valence-corrected chi connectivity index (χ0v) is 23.4. The number of nitriles is 1. The molecule has 9 nitrogen and oxygen atoms in total. The van der Waals surface area contributed by atoms with E-state index in [0.29, 0.717) is 68.3 Å². The highest BCUT2D eigenvalue weighted by atomic mass is 19.1. The second kappa shape index (κ2) is 9.51. The van der Waals surface area contributed by atoms with Crippen LogP contribution in [0, 0.1) is 17.2 Å². The van der Waals surface area contributed by atoms with E-state index in [2.05, 4.69) is 21.9 Å². The summed E-state index contributed by atoms with van der Waals surface area (Å²) in [4.78, 5) is 14.5. The van der Waals surface area contributed by atoms with Crippen LogP contribution in [0.3, 0.4) is 0 Å². The van der Waals surface area contributed by atoms with Crippen LogP contribution in [-0.4, -0.2) is 72.6 Å². The van der Waals surface area contributed by atoms with Gasteiger partial charge in [0.15, 0.2) is 0 Å². The molecule has 10 heteroatoms. The van der Waals surface area contributed by atoms with Gasteiger partial charge in [0, 0.05) is 55.9 Å². The molecule has 2 N–H and O–H groups in total. The number of nitrogens with two attached hydrogens (primary N) is 1. The van der Waals surface area contributed by atoms with Crippen LogP contribution >= 0.6 is 0 Å². The Kier molecular flexibility index (Phi) is 5.96. The van der Waals surface area contributed by atoms with Crippen LogP contribution < -0.4 is 15.4 Å². The number of anilines is 2. The van der Waals surface area contributed by atoms with Crippen molar-refractivity contribution in [2.24, 2.45) is 5.92 Å². The van der Waals surface area contributed by atoms with Gasteiger partial charge in [-0.05, 0) is 62.1 Å². The van der Waals surface area contributed by atoms with E-state index in [4.69, 9.17) is 29.9 Å². The molecule has 9 rings (SSSR count). The molecule has 1 aromatic carbocycles. The van der Waals surface area contributed by atoms with Gasteiger partial charge in [0.25, 0.3) is 0 Å². The lowest BCUT2D eigenvalue weighted by molar-refractivity contribution is -0.151. The van der Waals surface area contributed by atoms with Gasteiger partial charge in [-0.2, -0.15) is 15.2 Å². The molecule has 1 unspecified atom stereocenters. The lowest BCUT2D eigenvalue weighted by Crippen LogP contribution is -2.53. The molecule has 1 spiro atoms. The van der Waals surface area contributed by atoms with Crippen molar-refractivity contribution in [1.29, 1.82) is 5.26 Å². The molecular weight excluding hydrogens is 523 g/mol. The summed E-state index contributed by atoms with van der Waals surface area (Å²) in [7, 11) is 0. The quantitative estimate of drug-likeness (QED) is 0.561. The fourth-order valence-corrected chi connectivity index (χ4v) is 8.65. The van der Waals surface area contributed by atoms with E-state index in [0.717, 1.165) is 81.0 Å². The first kappa shape index (κ1) is 25.7. The summed E-state index contributed by atoms with van der Waals surface area (Å²) in [6.45, 7) is 5.09. The molecule has 1 saturated carbocycles. The predicted octanol–water partition coefficient (Wildman–Crippen LogP) is 3.59. The minimum absolute atomic E-state index is 0.276. The number of hydrogen-bond acceptors (Lipinski definition) is 9. The van der Waals surface area contributed by atoms with Crippen molar-refractivity contribution in [1.82, 2.24) is 14.9 Å². The second-order valence-electron chi connectivity index (χ2n) is 12.9. The van der Waals surface area contributed by atoms with Gasteiger partial charge in [-0.1, -0.05) is 6.07 Å². The number of nitrogen functional groups attached to an aromatic ring is 1. The zero-order chi connectivity index (χ0) is 27.8. The molecule has 3 saturated heterocycles. The van der Waals surface area contributed by atoms with Crippen molar-refractivity contribution in [3.63, 3.8) is 0 Å². The number of aromatic nitrogens is 2. The monoisotopic (exact) mass is 560 g/mol. The number of fused-ring (bicyclic) bond motifs is 2. The minimum atomic E-state index is -0.813. The Bertz CT molecular complexity index is 1420. The van der Waals surface area contributed by atoms with Crippen LogP contribution in [0.15, 0.2) is 12.1 Å². The molecule has 4 fully saturated rings. The highest BCUT2D eigenvalue weighted by Crippen LogP contribution is 2.62. The first-order valence-electron chi connectivity index (χ1n) is 15.2. The third-order valence-corrected chi connectivity index (χ3v) is 10.7. The predicted molar refractivity (Wildman–Crippen MR) is 149 cm³/mol. The van der Waals surface area contributed by atoms with Crippen LogP contribution in [0.25, 0.3) is 0 Å². The normalized spacial score (nSPS) is 33.9. The largest absolute Gasteiger partial charge is 0.461 e. The summed E-state index contributed by atoms with van der Waals surface area (Å²) in [5.41, 5.74) is 10.5. The van der Waals surface area contributed by atoms with Gasteiger partial charge in [0.1, 0.15) is 30.3 Å². The Hall–Kier alpha value is -3.00. The maximum Gasteiger partial charge on any atom is 0.318 e. The van der Waals surface area contributed by atoms with Crippen LogP contribution in [-0.2, 0) is 28.1 Å². The Morgan fingerprint density at radius 2 is 2.07 bits per heavy atom. The van der Waals surface area contributed by atoms with Crippen molar-refractivity contribution in [2.75, 3.05) is 56.6 Å². The van der Waals surface area contributed by atoms with Gasteiger partial charge in [-0.15, -0.1) is 0 Å². The summed E-state index contributed by atoms with van der Waals surface area (Å²) in [6.07, 6.45) is 5.24. The number of rotatable bonds is 4. The fourth-order valence-electron chi connectivity index (χ4n) is 8.65. The van der Waals surface area contributed by atoms with Crippen molar-refractivity contribution in [3.05, 3.63) is 40.1 Å². The lowest BCUT2D eigenvalue weighted by atomic mass is 9.53. The third kappa shape index (κ3) is 3.89. The van der Waals surface area contributed by atoms with Crippen molar-refractivity contribution >= 4 is 11.5 Å². The van der Waals surface area contributed by atoms with Gasteiger partial charge in [-0.25, -0.2) is 4.39 Å². The topological polar surface area (TPSA) is 110 Å². The molecule has 5 heterocycles. The summed E-state index contributed by atoms with van der Waals surface area (Å²) in [5, 5.41) is 10.2. The molecule has 0 radical (unpaired) electrons. The number of nitrogens with zero attached hydrogens (tertiary/aromatic N) is 5. The summed E-state index contributed by atoms with van der Waals surface area (Å²) < 4.78 is 33.5. The van der Waals surface area contributed by atoms with E-state index in [1.807, 2.05) is 6.07 Å². The molecule has 216 valence electrons. The molecule has 3 atom stereocenters. The number of hydrogen-bond donors (Lipinski definition) is 1. The average molecular weight is 561 g/mol. The standard InChI is InChI=1S/C31H37FN6O3/c32-21-13-30(5-1-7-38(30)16-21)18-40-29-35-26-14-31(41-17-24(26)28(36-29)37-6-2-9-39-10-8-37)20-11-19(12-20)22-3-4-25(34)23(15-33)27(22)31/h3-4,19-21H,1-2,5-14,16-18,34H2/t19?,20?,21-,30?,31+/m1/s1. The summed E-state index contributed by atoms with van der Waals surface area (Å²) >= 11 is 0. The molecule has 4 aliphatic heterocycles. The van der Waals surface area contributed by atoms with E-state index >= 15 is 0 Å². The van der Waals surface area contributed by atoms with Crippen LogP contribution in [0.4, 0.5) is 15.9 Å². The first-order chi connectivity index (χ1) is 20.0. The second-order valence-corrected chi connectivity index (χ2v) is 12.9. The maximum absolute atomic E-state index is 14.4. The smallest absolute Gasteiger partial charge is 0.318 e. The average Bonchev–Trinajstić information content (AvgIpc) is 3.32. The van der Waals surface area contributed by atoms with Gasteiger partial charge < -0.3 is 24.8 Å². The maximum atomic E-state index is 14.4. The van der Waals surface area contributed by atoms with Crippen molar-refractivity contribution in [3.8, 4) is 12.1 Å². The van der Waals surface area contributed by atoms with Crippen LogP contribution in [0.5, 0.6) is 6.01 Å². The fraction of sp³-hybridized carbons (Fsp3) is 0.645. The molecule has 0 amide bonds. The summed E-state index contributed by atoms with van der Waals surface area (Å²) in [5.74, 6) is 1.61. The molecule has 7 aliphatic rings. The number of alkyl halides is 1. The SMILES string of the molecule is N#Cc1c(N)ccc2c1[C@]1(Cc3nc(OCC45CCCN4C[C@H](F)C5)nc(N4CCCOCC4)c3CO1)C1CC2C1. The van der Waals surface area contributed by atoms with E-state index in [1.54, 1.807) is 0 Å². The number of halogens is 1. The Labute approximate surface area is 239 Å². The molecule has 2 bridgehead atoms. The lowest BCUT2D eigenvalue weighted by Gasteiger charge is -2.57. The highest BCUT2D eigenvalue weighted by molar-refractivity contribution is 5.65. The number of benzene rings is 1. The van der Waals surface area contributed by atoms with Gasteiger partial charge >= 0.3 is 6.01 Å². The molecule has 3 aliphatic carbocycles. The first-order valence-corrected chi connectivity index (χ1v) is 15.2. The summed E-state index contributed by atoms with van der Waals surface area (Å²) in [6, 6.07) is 6.70. The Morgan fingerprint density at radius 3 is 2.95 bits per heavy atom. The molecular formula is C31H37FN6O3. The van der Waals surface area contributed by atoms with Crippen LogP contribution in [0.2, 0.25) is 0 Å². The van der Waals surface area contributed by atoms with Crippen LogP contribution in [0.1, 0.15) is 72.4 Å². The van der Waals surface area contributed by atoms with Gasteiger partial charge in [0.2, 0.25) is 0 Å². The van der Waals surface area contributed by atoms with Crippen molar-refractivity contribution < 1.29 is 18.6 Å². The van der Waals surface area contributed by atoms with Gasteiger partial charge in [0.05, 0.1) is 30.0 Å². The highest BCUT2D eigenvalue weighted by Gasteiger charge is 2.58. The Morgan fingerprint density at radius 1 is 1.17 bits per heavy atom. The molecule has 41 heavy (non-hydrogen) atoms. The molecule has 2 aromatic rings. The number of ether oxygens (including phenoxy) is 3. The molecule has 1 aromatic heterocycles. The van der Waals surface area contributed by atoms with E-state index in [-0.39, 0.29) is 5.54 Å². The van der Waals surface area contributed by atoms with E-state index in [1.165, 1.54) is 5.56 Å². The zero-order valence-electron chi connectivity index (χ0n) is 23.4. The van der Waals surface area contributed by atoms with Gasteiger partial charge in [-0.3, -0.25) is 4.90 Å². The minimum Gasteiger partial charge on any atom is -0.461 e. The third-order valence-electron chi connectivity index (χ3n) is 10.7. The van der Waals surface area contributed by atoms with Crippen molar-refractivity contribution in [2.45, 2.75) is 74.8 Å². The van der Waals surface area contributed by atoms with E-state index < -0.39 is 11.8 Å². The van der Waals surface area contributed by atoms with E-state index in [9.17, 15) is 9.65 Å². The Balaban J connectivity index is 1.19.